The summed E-state index contributed by atoms with van der Waals surface area (Å²) in [6.45, 7) is 0.936. The van der Waals surface area contributed by atoms with Crippen LogP contribution in [0.5, 0.6) is 5.75 Å². The van der Waals surface area contributed by atoms with E-state index in [-0.39, 0.29) is 25.0 Å². The standard InChI is InChI=1S/C22H25N5O3/c1-26(11-12-28)21-23-20(16-6-4-7-17(30)13-16)24-22(25-21)27-10-9-15-5-2-3-8-18(15)19(27)14-29/h2-8,13,19,28-30H,9-12,14H2,1H3/t19-/m1/s1. The molecule has 8 heteroatoms. The number of anilines is 2. The van der Waals surface area contributed by atoms with Crippen LogP contribution in [0.2, 0.25) is 0 Å². The van der Waals surface area contributed by atoms with E-state index in [1.807, 2.05) is 29.2 Å². The van der Waals surface area contributed by atoms with Crippen LogP contribution in [-0.4, -0.2) is 63.6 Å². The van der Waals surface area contributed by atoms with Gasteiger partial charge in [0, 0.05) is 25.7 Å². The molecule has 0 amide bonds. The first-order valence-electron chi connectivity index (χ1n) is 9.93. The summed E-state index contributed by atoms with van der Waals surface area (Å²) in [5.41, 5.74) is 2.94. The van der Waals surface area contributed by atoms with Crippen molar-refractivity contribution in [1.82, 2.24) is 15.0 Å². The van der Waals surface area contributed by atoms with E-state index in [0.717, 1.165) is 12.0 Å². The fourth-order valence-corrected chi connectivity index (χ4v) is 3.77. The minimum Gasteiger partial charge on any atom is -0.508 e. The summed E-state index contributed by atoms with van der Waals surface area (Å²) in [4.78, 5) is 17.6. The van der Waals surface area contributed by atoms with Gasteiger partial charge in [-0.05, 0) is 29.7 Å². The molecular weight excluding hydrogens is 382 g/mol. The molecule has 4 rings (SSSR count). The van der Waals surface area contributed by atoms with Gasteiger partial charge in [-0.25, -0.2) is 0 Å². The molecular formula is C22H25N5O3. The third-order valence-corrected chi connectivity index (χ3v) is 5.34. The number of aliphatic hydroxyl groups is 2. The zero-order chi connectivity index (χ0) is 21.1. The van der Waals surface area contributed by atoms with Crippen molar-refractivity contribution in [2.75, 3.05) is 43.2 Å². The molecule has 156 valence electrons. The molecule has 0 saturated heterocycles. The Balaban J connectivity index is 1.80. The highest BCUT2D eigenvalue weighted by Crippen LogP contribution is 2.33. The predicted octanol–water partition coefficient (Wildman–Crippen LogP) is 1.77. The second-order valence-corrected chi connectivity index (χ2v) is 7.30. The van der Waals surface area contributed by atoms with Crippen LogP contribution in [0.25, 0.3) is 11.4 Å². The lowest BCUT2D eigenvalue weighted by Crippen LogP contribution is -2.39. The molecule has 0 fully saturated rings. The van der Waals surface area contributed by atoms with Crippen molar-refractivity contribution in [2.24, 2.45) is 0 Å². The molecule has 0 spiro atoms. The number of hydrogen-bond donors (Lipinski definition) is 3. The van der Waals surface area contributed by atoms with Gasteiger partial charge in [0.2, 0.25) is 11.9 Å². The average Bonchev–Trinajstić information content (AvgIpc) is 2.78. The number of fused-ring (bicyclic) bond motifs is 1. The van der Waals surface area contributed by atoms with Crippen molar-refractivity contribution >= 4 is 11.9 Å². The maximum atomic E-state index is 10.2. The Morgan fingerprint density at radius 3 is 2.67 bits per heavy atom. The largest absolute Gasteiger partial charge is 0.508 e. The summed E-state index contributed by atoms with van der Waals surface area (Å²) in [7, 11) is 1.80. The fraction of sp³-hybridized carbons (Fsp3) is 0.318. The Bertz CT molecular complexity index is 1030. The molecule has 2 heterocycles. The van der Waals surface area contributed by atoms with E-state index in [4.69, 9.17) is 0 Å². The molecule has 0 radical (unpaired) electrons. The number of phenolic OH excluding ortho intramolecular Hbond substituents is 1. The second-order valence-electron chi connectivity index (χ2n) is 7.30. The monoisotopic (exact) mass is 407 g/mol. The summed E-state index contributed by atoms with van der Waals surface area (Å²) in [6.07, 6.45) is 0.821. The van der Waals surface area contributed by atoms with Crippen molar-refractivity contribution in [2.45, 2.75) is 12.5 Å². The van der Waals surface area contributed by atoms with E-state index in [1.54, 1.807) is 30.1 Å². The highest BCUT2D eigenvalue weighted by atomic mass is 16.3. The van der Waals surface area contributed by atoms with Crippen LogP contribution in [0.15, 0.2) is 48.5 Å². The van der Waals surface area contributed by atoms with Crippen LogP contribution < -0.4 is 9.80 Å². The van der Waals surface area contributed by atoms with Crippen molar-refractivity contribution < 1.29 is 15.3 Å². The van der Waals surface area contributed by atoms with Gasteiger partial charge in [-0.1, -0.05) is 36.4 Å². The van der Waals surface area contributed by atoms with Crippen molar-refractivity contribution in [3.8, 4) is 17.1 Å². The maximum Gasteiger partial charge on any atom is 0.231 e. The Kier molecular flexibility index (Phi) is 5.78. The molecule has 8 nitrogen and oxygen atoms in total. The number of benzene rings is 2. The fourth-order valence-electron chi connectivity index (χ4n) is 3.77. The molecule has 0 unspecified atom stereocenters. The lowest BCUT2D eigenvalue weighted by molar-refractivity contribution is 0.256. The van der Waals surface area contributed by atoms with Crippen LogP contribution in [0, 0.1) is 0 Å². The van der Waals surface area contributed by atoms with Crippen LogP contribution in [-0.2, 0) is 6.42 Å². The summed E-state index contributed by atoms with van der Waals surface area (Å²) < 4.78 is 0. The van der Waals surface area contributed by atoms with Gasteiger partial charge in [0.1, 0.15) is 5.75 Å². The topological polar surface area (TPSA) is 106 Å². The molecule has 1 aromatic heterocycles. The Labute approximate surface area is 175 Å². The molecule has 0 aliphatic carbocycles. The van der Waals surface area contributed by atoms with E-state index in [1.165, 1.54) is 5.56 Å². The molecule has 1 aliphatic rings. The van der Waals surface area contributed by atoms with Crippen molar-refractivity contribution in [3.05, 3.63) is 59.7 Å². The quantitative estimate of drug-likeness (QED) is 0.568. The third kappa shape index (κ3) is 3.92. The van der Waals surface area contributed by atoms with Gasteiger partial charge >= 0.3 is 0 Å². The molecule has 3 aromatic rings. The van der Waals surface area contributed by atoms with Crippen LogP contribution >= 0.6 is 0 Å². The normalized spacial score (nSPS) is 15.7. The number of aromatic hydroxyl groups is 1. The van der Waals surface area contributed by atoms with Gasteiger partial charge in [0.15, 0.2) is 5.82 Å². The lowest BCUT2D eigenvalue weighted by Gasteiger charge is -2.36. The molecule has 0 bridgehead atoms. The van der Waals surface area contributed by atoms with Gasteiger partial charge in [-0.15, -0.1) is 0 Å². The SMILES string of the molecule is CN(CCO)c1nc(-c2cccc(O)c2)nc(N2CCc3ccccc3[C@H]2CO)n1. The summed E-state index contributed by atoms with van der Waals surface area (Å²) >= 11 is 0. The van der Waals surface area contributed by atoms with Gasteiger partial charge in [0.05, 0.1) is 19.3 Å². The zero-order valence-corrected chi connectivity index (χ0v) is 16.8. The molecule has 0 saturated carbocycles. The first-order chi connectivity index (χ1) is 14.6. The number of aromatic nitrogens is 3. The predicted molar refractivity (Wildman–Crippen MR) is 115 cm³/mol. The van der Waals surface area contributed by atoms with Crippen LogP contribution in [0.3, 0.4) is 0 Å². The average molecular weight is 407 g/mol. The summed E-state index contributed by atoms with van der Waals surface area (Å²) in [6, 6.07) is 14.6. The van der Waals surface area contributed by atoms with Crippen molar-refractivity contribution in [1.29, 1.82) is 0 Å². The first-order valence-corrected chi connectivity index (χ1v) is 9.93. The Hall–Kier alpha value is -3.23. The van der Waals surface area contributed by atoms with E-state index in [2.05, 4.69) is 21.0 Å². The highest BCUT2D eigenvalue weighted by Gasteiger charge is 2.29. The smallest absolute Gasteiger partial charge is 0.231 e. The van der Waals surface area contributed by atoms with Gasteiger partial charge < -0.3 is 25.1 Å². The summed E-state index contributed by atoms with van der Waals surface area (Å²) in [5, 5.41) is 29.4. The number of phenols is 1. The second kappa shape index (κ2) is 8.64. The van der Waals surface area contributed by atoms with E-state index in [9.17, 15) is 15.3 Å². The number of hydrogen-bond acceptors (Lipinski definition) is 8. The van der Waals surface area contributed by atoms with Crippen LogP contribution in [0.1, 0.15) is 17.2 Å². The van der Waals surface area contributed by atoms with E-state index < -0.39 is 0 Å². The highest BCUT2D eigenvalue weighted by molar-refractivity contribution is 5.61. The minimum absolute atomic E-state index is 0.0324. The van der Waals surface area contributed by atoms with Gasteiger partial charge in [-0.3, -0.25) is 0 Å². The summed E-state index contributed by atoms with van der Waals surface area (Å²) in [5.74, 6) is 1.42. The Morgan fingerprint density at radius 1 is 1.07 bits per heavy atom. The molecule has 1 aliphatic heterocycles. The zero-order valence-electron chi connectivity index (χ0n) is 16.8. The first kappa shape index (κ1) is 20.1. The van der Waals surface area contributed by atoms with Crippen LogP contribution in [0.4, 0.5) is 11.9 Å². The molecule has 30 heavy (non-hydrogen) atoms. The van der Waals surface area contributed by atoms with E-state index in [0.29, 0.717) is 36.4 Å². The van der Waals surface area contributed by atoms with Gasteiger partial charge in [-0.2, -0.15) is 15.0 Å². The number of likely N-dealkylation sites (N-methyl/N-ethyl adjacent to an activating group) is 1. The number of nitrogens with zero attached hydrogens (tertiary/aromatic N) is 5. The third-order valence-electron chi connectivity index (χ3n) is 5.34. The maximum absolute atomic E-state index is 10.2. The minimum atomic E-state index is -0.259. The number of rotatable bonds is 6. The lowest BCUT2D eigenvalue weighted by atomic mass is 9.93. The van der Waals surface area contributed by atoms with Crippen molar-refractivity contribution in [3.63, 3.8) is 0 Å². The van der Waals surface area contributed by atoms with E-state index >= 15 is 0 Å². The number of aliphatic hydroxyl groups excluding tert-OH is 2. The molecule has 3 N–H and O–H groups in total. The molecule has 2 aromatic carbocycles. The molecule has 1 atom stereocenters. The van der Waals surface area contributed by atoms with Gasteiger partial charge in [0.25, 0.3) is 0 Å². The Morgan fingerprint density at radius 2 is 1.90 bits per heavy atom.